The van der Waals surface area contributed by atoms with Gasteiger partial charge in [-0.2, -0.15) is 0 Å². The van der Waals surface area contributed by atoms with Gasteiger partial charge in [0.1, 0.15) is 0 Å². The van der Waals surface area contributed by atoms with E-state index >= 15 is 0 Å². The first kappa shape index (κ1) is 7.15. The fraction of sp³-hybridized carbons (Fsp3) is 1.00. The number of halogens is 1. The summed E-state index contributed by atoms with van der Waals surface area (Å²) in [7, 11) is 0. The molecule has 0 aliphatic heterocycles. The first-order valence-electron chi connectivity index (χ1n) is 4.48. The molecule has 0 heterocycles. The largest absolute Gasteiger partial charge is 0.0847 e. The van der Waals surface area contributed by atoms with E-state index in [1.165, 1.54) is 32.1 Å². The maximum atomic E-state index is 3.88. The Morgan fingerprint density at radius 3 is 2.20 bits per heavy atom. The molecule has 2 aliphatic carbocycles. The first-order valence-corrected chi connectivity index (χ1v) is 5.27. The summed E-state index contributed by atoms with van der Waals surface area (Å²) in [6, 6.07) is 0. The number of hydrogen-bond acceptors (Lipinski definition) is 0. The van der Waals surface area contributed by atoms with E-state index in [1.807, 2.05) is 0 Å². The molecule has 0 amide bonds. The van der Waals surface area contributed by atoms with Gasteiger partial charge in [0.25, 0.3) is 0 Å². The predicted molar refractivity (Wildman–Crippen MR) is 47.4 cm³/mol. The van der Waals surface area contributed by atoms with Crippen LogP contribution in [0, 0.1) is 11.8 Å². The van der Waals surface area contributed by atoms with E-state index < -0.39 is 0 Å². The fourth-order valence-corrected chi connectivity index (χ4v) is 3.66. The summed E-state index contributed by atoms with van der Waals surface area (Å²) in [5.74, 6) is 2.09. The van der Waals surface area contributed by atoms with Gasteiger partial charge in [0.05, 0.1) is 0 Å². The lowest BCUT2D eigenvalue weighted by molar-refractivity contribution is 0.480. The molecule has 0 spiro atoms. The number of fused-ring (bicyclic) bond motifs is 1. The molecule has 0 nitrogen and oxygen atoms in total. The smallest absolute Gasteiger partial charge is 0.0317 e. The zero-order valence-corrected chi connectivity index (χ0v) is 8.15. The molecule has 2 saturated carbocycles. The third-order valence-electron chi connectivity index (χ3n) is 3.43. The number of rotatable bonds is 1. The summed E-state index contributed by atoms with van der Waals surface area (Å²) in [6.07, 6.45) is 7.28. The highest BCUT2D eigenvalue weighted by molar-refractivity contribution is 9.10. The highest BCUT2D eigenvalue weighted by atomic mass is 79.9. The molecule has 0 aromatic carbocycles. The SMILES string of the molecule is CCC1(Br)[C@@H]2CCCC[C@@H]21. The number of hydrogen-bond donors (Lipinski definition) is 0. The predicted octanol–water partition coefficient (Wildman–Crippen LogP) is 3.35. The second-order valence-corrected chi connectivity index (χ2v) is 5.25. The van der Waals surface area contributed by atoms with E-state index in [0.717, 1.165) is 11.8 Å². The van der Waals surface area contributed by atoms with Gasteiger partial charge < -0.3 is 0 Å². The second kappa shape index (κ2) is 2.23. The molecule has 1 unspecified atom stereocenters. The molecule has 0 radical (unpaired) electrons. The van der Waals surface area contributed by atoms with E-state index in [0.29, 0.717) is 4.32 Å². The zero-order chi connectivity index (χ0) is 7.19. The van der Waals surface area contributed by atoms with Crippen LogP contribution in [0.3, 0.4) is 0 Å². The van der Waals surface area contributed by atoms with Crippen molar-refractivity contribution in [2.24, 2.45) is 11.8 Å². The van der Waals surface area contributed by atoms with Crippen LogP contribution in [0.1, 0.15) is 39.0 Å². The molecule has 0 N–H and O–H groups in total. The van der Waals surface area contributed by atoms with Gasteiger partial charge in [-0.05, 0) is 31.1 Å². The van der Waals surface area contributed by atoms with Crippen molar-refractivity contribution in [1.82, 2.24) is 0 Å². The van der Waals surface area contributed by atoms with Crippen LogP contribution in [0.4, 0.5) is 0 Å². The van der Waals surface area contributed by atoms with Crippen molar-refractivity contribution in [2.75, 3.05) is 0 Å². The molecule has 0 aromatic heterocycles. The van der Waals surface area contributed by atoms with Crippen LogP contribution in [0.2, 0.25) is 0 Å². The molecule has 3 atom stereocenters. The number of alkyl halides is 1. The molecule has 1 heteroatoms. The van der Waals surface area contributed by atoms with Gasteiger partial charge >= 0.3 is 0 Å². The van der Waals surface area contributed by atoms with Crippen molar-refractivity contribution in [2.45, 2.75) is 43.4 Å². The van der Waals surface area contributed by atoms with Crippen molar-refractivity contribution in [3.8, 4) is 0 Å². The Morgan fingerprint density at radius 1 is 1.30 bits per heavy atom. The van der Waals surface area contributed by atoms with E-state index in [4.69, 9.17) is 0 Å². The maximum absolute atomic E-state index is 3.88. The van der Waals surface area contributed by atoms with Gasteiger partial charge in [0.2, 0.25) is 0 Å². The van der Waals surface area contributed by atoms with Crippen molar-refractivity contribution in [3.05, 3.63) is 0 Å². The third kappa shape index (κ3) is 0.792. The van der Waals surface area contributed by atoms with Crippen LogP contribution >= 0.6 is 15.9 Å². The van der Waals surface area contributed by atoms with Gasteiger partial charge in [0.15, 0.2) is 0 Å². The molecule has 2 fully saturated rings. The Balaban J connectivity index is 2.04. The molecular weight excluding hydrogens is 188 g/mol. The van der Waals surface area contributed by atoms with Gasteiger partial charge in [-0.25, -0.2) is 0 Å². The highest BCUT2D eigenvalue weighted by Gasteiger charge is 2.61. The van der Waals surface area contributed by atoms with Gasteiger partial charge in [-0.3, -0.25) is 0 Å². The lowest BCUT2D eigenvalue weighted by atomic mass is 10.0. The minimum atomic E-state index is 0.601. The summed E-state index contributed by atoms with van der Waals surface area (Å²) in [5.41, 5.74) is 0. The Bertz CT molecular complexity index is 130. The third-order valence-corrected chi connectivity index (χ3v) is 5.17. The van der Waals surface area contributed by atoms with Crippen LogP contribution in [0.15, 0.2) is 0 Å². The van der Waals surface area contributed by atoms with Gasteiger partial charge in [-0.1, -0.05) is 35.7 Å². The van der Waals surface area contributed by atoms with E-state index in [2.05, 4.69) is 22.9 Å². The van der Waals surface area contributed by atoms with E-state index in [1.54, 1.807) is 0 Å². The lowest BCUT2D eigenvalue weighted by Gasteiger charge is -2.04. The maximum Gasteiger partial charge on any atom is 0.0317 e. The Morgan fingerprint density at radius 2 is 1.80 bits per heavy atom. The van der Waals surface area contributed by atoms with Crippen LogP contribution in [0.25, 0.3) is 0 Å². The van der Waals surface area contributed by atoms with Crippen LogP contribution < -0.4 is 0 Å². The standard InChI is InChI=1S/C9H15Br/c1-2-9(10)7-5-3-4-6-8(7)9/h7-8H,2-6H2,1H3/t7-,8+,9?. The molecular formula is C9H15Br. The van der Waals surface area contributed by atoms with Crippen molar-refractivity contribution in [1.29, 1.82) is 0 Å². The summed E-state index contributed by atoms with van der Waals surface area (Å²) in [5, 5.41) is 0. The topological polar surface area (TPSA) is 0 Å². The minimum absolute atomic E-state index is 0.601. The fourth-order valence-electron chi connectivity index (χ4n) is 2.70. The van der Waals surface area contributed by atoms with Crippen LogP contribution in [-0.2, 0) is 0 Å². The summed E-state index contributed by atoms with van der Waals surface area (Å²) in [6.45, 7) is 2.31. The summed E-state index contributed by atoms with van der Waals surface area (Å²) >= 11 is 3.88. The van der Waals surface area contributed by atoms with Crippen LogP contribution in [-0.4, -0.2) is 4.32 Å². The average molecular weight is 203 g/mol. The van der Waals surface area contributed by atoms with Crippen LogP contribution in [0.5, 0.6) is 0 Å². The normalized spacial score (nSPS) is 52.2. The van der Waals surface area contributed by atoms with Crippen molar-refractivity contribution < 1.29 is 0 Å². The first-order chi connectivity index (χ1) is 4.79. The molecule has 58 valence electrons. The molecule has 10 heavy (non-hydrogen) atoms. The molecule has 0 aromatic rings. The van der Waals surface area contributed by atoms with E-state index in [9.17, 15) is 0 Å². The Labute approximate surface area is 71.5 Å². The molecule has 2 rings (SSSR count). The Kier molecular flexibility index (Phi) is 1.59. The quantitative estimate of drug-likeness (QED) is 0.573. The van der Waals surface area contributed by atoms with Crippen molar-refractivity contribution in [3.63, 3.8) is 0 Å². The molecule has 0 bridgehead atoms. The summed E-state index contributed by atoms with van der Waals surface area (Å²) in [4.78, 5) is 0. The molecule has 0 saturated heterocycles. The van der Waals surface area contributed by atoms with Crippen molar-refractivity contribution >= 4 is 15.9 Å². The Hall–Kier alpha value is 0.480. The monoisotopic (exact) mass is 202 g/mol. The van der Waals surface area contributed by atoms with E-state index in [-0.39, 0.29) is 0 Å². The average Bonchev–Trinajstić information content (AvgIpc) is 2.60. The zero-order valence-electron chi connectivity index (χ0n) is 6.57. The molecule has 2 aliphatic rings. The highest BCUT2D eigenvalue weighted by Crippen LogP contribution is 2.65. The second-order valence-electron chi connectivity index (χ2n) is 3.78. The van der Waals surface area contributed by atoms with Gasteiger partial charge in [-0.15, -0.1) is 0 Å². The lowest BCUT2D eigenvalue weighted by Crippen LogP contribution is -1.98. The minimum Gasteiger partial charge on any atom is -0.0847 e. The summed E-state index contributed by atoms with van der Waals surface area (Å²) < 4.78 is 0.601. The van der Waals surface area contributed by atoms with Gasteiger partial charge in [0, 0.05) is 4.32 Å².